The van der Waals surface area contributed by atoms with E-state index in [-0.39, 0.29) is 17.6 Å². The molecule has 1 saturated heterocycles. The van der Waals surface area contributed by atoms with Crippen molar-refractivity contribution in [2.24, 2.45) is 40.4 Å². The number of quaternary nitrogens is 1. The zero-order valence-electron chi connectivity index (χ0n) is 23.6. The summed E-state index contributed by atoms with van der Waals surface area (Å²) in [5.41, 5.74) is 5.22. The summed E-state index contributed by atoms with van der Waals surface area (Å²) < 4.78 is 0. The first kappa shape index (κ1) is 25.9. The minimum absolute atomic E-state index is 0.191. The molecule has 11 unspecified atom stereocenters. The van der Waals surface area contributed by atoms with Crippen molar-refractivity contribution in [3.8, 4) is 0 Å². The Morgan fingerprint density at radius 1 is 1.11 bits per heavy atom. The van der Waals surface area contributed by atoms with Crippen LogP contribution in [-0.4, -0.2) is 48.8 Å². The number of rotatable bonds is 4. The Morgan fingerprint density at radius 2 is 1.80 bits per heavy atom. The van der Waals surface area contributed by atoms with Gasteiger partial charge in [0.2, 0.25) is 0 Å². The van der Waals surface area contributed by atoms with E-state index in [4.69, 9.17) is 0 Å². The van der Waals surface area contributed by atoms with Crippen LogP contribution in [0.1, 0.15) is 92.4 Å². The first-order valence-corrected chi connectivity index (χ1v) is 14.7. The molecule has 1 aliphatic heterocycles. The van der Waals surface area contributed by atoms with Gasteiger partial charge in [0, 0.05) is 18.9 Å². The third-order valence-electron chi connectivity index (χ3n) is 12.3. The first-order chi connectivity index (χ1) is 16.5. The van der Waals surface area contributed by atoms with Crippen LogP contribution in [0, 0.1) is 45.6 Å². The summed E-state index contributed by atoms with van der Waals surface area (Å²) in [7, 11) is 4.26. The molecule has 5 rings (SSSR count). The van der Waals surface area contributed by atoms with Crippen molar-refractivity contribution in [3.05, 3.63) is 28.0 Å². The van der Waals surface area contributed by atoms with E-state index in [2.05, 4.69) is 59.7 Å². The lowest BCUT2D eigenvalue weighted by molar-refractivity contribution is -0.858. The Morgan fingerprint density at radius 3 is 2.49 bits per heavy atom. The van der Waals surface area contributed by atoms with Gasteiger partial charge in [-0.05, 0) is 119 Å². The summed E-state index contributed by atoms with van der Waals surface area (Å²) in [5, 5.41) is 24.6. The fraction of sp³-hybridized carbons (Fsp3) is 0.871. The molecule has 4 aliphatic carbocycles. The standard InChI is InChI=1S/C31H52N2O2/c1-19(2)21-14-17-33(35)28(21)18-20(3)23-10-11-24-22-8-9-26-29(34)27(32(6)7)13-16-31(26,5)25(22)12-15-30(23,24)4/h8,20,23-29,33-34H,9-18H2,1-7H3. The molecule has 4 nitrogen and oxygen atoms in total. The molecule has 0 aromatic rings. The lowest BCUT2D eigenvalue weighted by atomic mass is 9.47. The van der Waals surface area contributed by atoms with E-state index >= 15 is 0 Å². The van der Waals surface area contributed by atoms with Crippen molar-refractivity contribution < 1.29 is 10.2 Å². The molecule has 0 radical (unpaired) electrons. The molecule has 35 heavy (non-hydrogen) atoms. The molecule has 1 heterocycles. The van der Waals surface area contributed by atoms with Crippen molar-refractivity contribution in [1.82, 2.24) is 4.90 Å². The number of hydrogen-bond acceptors (Lipinski definition) is 3. The summed E-state index contributed by atoms with van der Waals surface area (Å²) in [6.45, 7) is 12.8. The van der Waals surface area contributed by atoms with Crippen LogP contribution in [0.3, 0.4) is 0 Å². The van der Waals surface area contributed by atoms with Gasteiger partial charge in [-0.15, -0.1) is 0 Å². The fourth-order valence-corrected chi connectivity index (χ4v) is 10.3. The van der Waals surface area contributed by atoms with E-state index < -0.39 is 0 Å². The average molecular weight is 485 g/mol. The number of nitrogens with zero attached hydrogens (tertiary/aromatic N) is 1. The quantitative estimate of drug-likeness (QED) is 0.437. The fourth-order valence-electron chi connectivity index (χ4n) is 10.3. The van der Waals surface area contributed by atoms with E-state index in [1.54, 1.807) is 5.57 Å². The largest absolute Gasteiger partial charge is 0.634 e. The lowest BCUT2D eigenvalue weighted by Gasteiger charge is -2.59. The third kappa shape index (κ3) is 4.01. The molecule has 0 aromatic heterocycles. The second-order valence-electron chi connectivity index (χ2n) is 14.2. The number of aliphatic hydroxyl groups excluding tert-OH is 1. The molecule has 2 N–H and O–H groups in total. The molecule has 4 fully saturated rings. The first-order valence-electron chi connectivity index (χ1n) is 14.7. The highest BCUT2D eigenvalue weighted by Crippen LogP contribution is 2.67. The van der Waals surface area contributed by atoms with Crippen molar-refractivity contribution >= 4 is 0 Å². The average Bonchev–Trinajstić information content (AvgIpc) is 3.33. The molecule has 5 aliphatic rings. The van der Waals surface area contributed by atoms with Crippen LogP contribution in [0.15, 0.2) is 22.8 Å². The molecule has 198 valence electrons. The maximum Gasteiger partial charge on any atom is 0.109 e. The van der Waals surface area contributed by atoms with Crippen LogP contribution in [-0.2, 0) is 0 Å². The monoisotopic (exact) mass is 484 g/mol. The van der Waals surface area contributed by atoms with Crippen LogP contribution in [0.2, 0.25) is 0 Å². The second kappa shape index (κ2) is 9.26. The van der Waals surface area contributed by atoms with Crippen molar-refractivity contribution in [2.45, 2.75) is 111 Å². The van der Waals surface area contributed by atoms with E-state index in [1.807, 2.05) is 0 Å². The number of fused-ring (bicyclic) bond motifs is 5. The zero-order chi connectivity index (χ0) is 25.3. The van der Waals surface area contributed by atoms with E-state index in [1.165, 1.54) is 43.3 Å². The third-order valence-corrected chi connectivity index (χ3v) is 12.3. The van der Waals surface area contributed by atoms with Crippen LogP contribution < -0.4 is 5.06 Å². The summed E-state index contributed by atoms with van der Waals surface area (Å²) in [6, 6.07) is 0.494. The number of allylic oxidation sites excluding steroid dienone is 3. The molecule has 0 bridgehead atoms. The predicted molar refractivity (Wildman–Crippen MR) is 144 cm³/mol. The lowest BCUT2D eigenvalue weighted by Crippen LogP contribution is -3.09. The van der Waals surface area contributed by atoms with Gasteiger partial charge in [0.15, 0.2) is 0 Å². The van der Waals surface area contributed by atoms with Gasteiger partial charge in [0.25, 0.3) is 0 Å². The van der Waals surface area contributed by atoms with Gasteiger partial charge in [-0.1, -0.05) is 38.0 Å². The maximum atomic E-state index is 12.8. The Kier molecular flexibility index (Phi) is 6.86. The highest BCUT2D eigenvalue weighted by atomic mass is 16.5. The molecule has 4 heteroatoms. The Hall–Kier alpha value is -0.680. The zero-order valence-corrected chi connectivity index (χ0v) is 23.6. The highest BCUT2D eigenvalue weighted by Gasteiger charge is 2.60. The van der Waals surface area contributed by atoms with Crippen molar-refractivity contribution in [3.63, 3.8) is 0 Å². The van der Waals surface area contributed by atoms with Crippen LogP contribution in [0.4, 0.5) is 0 Å². The minimum Gasteiger partial charge on any atom is -0.634 e. The van der Waals surface area contributed by atoms with Crippen LogP contribution >= 0.6 is 0 Å². The summed E-state index contributed by atoms with van der Waals surface area (Å²) in [6.07, 6.45) is 13.1. The Balaban J connectivity index is 1.36. The van der Waals surface area contributed by atoms with Crippen LogP contribution in [0.5, 0.6) is 0 Å². The van der Waals surface area contributed by atoms with Gasteiger partial charge >= 0.3 is 0 Å². The number of likely N-dealkylation sites (N-methyl/N-ethyl adjacent to an activating group) is 1. The number of hydrogen-bond donors (Lipinski definition) is 2. The van der Waals surface area contributed by atoms with E-state index in [0.717, 1.165) is 38.1 Å². The number of nitrogens with one attached hydrogen (secondary N) is 1. The molecule has 0 spiro atoms. The van der Waals surface area contributed by atoms with Gasteiger partial charge in [-0.25, -0.2) is 0 Å². The smallest absolute Gasteiger partial charge is 0.109 e. The van der Waals surface area contributed by atoms with Gasteiger partial charge in [-0.2, -0.15) is 0 Å². The molecular formula is C31H52N2O2. The Bertz CT molecular complexity index is 875. The van der Waals surface area contributed by atoms with Crippen LogP contribution in [0.25, 0.3) is 0 Å². The van der Waals surface area contributed by atoms with Crippen molar-refractivity contribution in [1.29, 1.82) is 0 Å². The molecule has 0 aromatic carbocycles. The van der Waals surface area contributed by atoms with Crippen molar-refractivity contribution in [2.75, 3.05) is 20.6 Å². The van der Waals surface area contributed by atoms with E-state index in [0.29, 0.717) is 40.2 Å². The molecular weight excluding hydrogens is 432 g/mol. The Labute approximate surface area is 214 Å². The minimum atomic E-state index is -0.209. The summed E-state index contributed by atoms with van der Waals surface area (Å²) in [4.78, 5) is 2.25. The highest BCUT2D eigenvalue weighted by molar-refractivity contribution is 5.28. The predicted octanol–water partition coefficient (Wildman–Crippen LogP) is 4.98. The van der Waals surface area contributed by atoms with Gasteiger partial charge < -0.3 is 20.3 Å². The molecule has 3 saturated carbocycles. The number of aliphatic hydroxyl groups is 1. The molecule has 11 atom stereocenters. The number of hydroxylamine groups is 2. The summed E-state index contributed by atoms with van der Waals surface area (Å²) in [5.74, 6) is 3.08. The normalized spacial score (nSPS) is 48.3. The molecule has 0 amide bonds. The van der Waals surface area contributed by atoms with Gasteiger partial charge in [-0.3, -0.25) is 0 Å². The maximum absolute atomic E-state index is 12.8. The topological polar surface area (TPSA) is 51.0 Å². The van der Waals surface area contributed by atoms with Gasteiger partial charge in [0.1, 0.15) is 6.04 Å². The van der Waals surface area contributed by atoms with Gasteiger partial charge in [0.05, 0.1) is 12.6 Å². The second-order valence-corrected chi connectivity index (χ2v) is 14.2. The van der Waals surface area contributed by atoms with E-state index in [9.17, 15) is 10.3 Å². The summed E-state index contributed by atoms with van der Waals surface area (Å²) >= 11 is 0. The SMILES string of the molecule is CC(C)=C1CC[NH+]([O-])C1CC(C)C1CCC2C3=CCC4C(O)C(N(C)C)CCC4(C)C3CCC21C.